The third-order valence-corrected chi connectivity index (χ3v) is 4.14. The highest BCUT2D eigenvalue weighted by Crippen LogP contribution is 2.45. The molecular weight excluding hydrogens is 305 g/mol. The summed E-state index contributed by atoms with van der Waals surface area (Å²) >= 11 is 5.88. The van der Waals surface area contributed by atoms with Crippen molar-refractivity contribution < 1.29 is 17.9 Å². The van der Waals surface area contributed by atoms with Gasteiger partial charge in [0.15, 0.2) is 0 Å². The fourth-order valence-corrected chi connectivity index (χ4v) is 3.17. The first kappa shape index (κ1) is 16.4. The van der Waals surface area contributed by atoms with E-state index in [0.717, 1.165) is 12.6 Å². The van der Waals surface area contributed by atoms with Crippen molar-refractivity contribution in [3.05, 3.63) is 28.3 Å². The third kappa shape index (κ3) is 3.27. The molecule has 0 spiro atoms. The minimum Gasteiger partial charge on any atom is -0.496 e. The SMILES string of the molecule is COc1c(C2CC(CN)CN2C)cc(Cl)cc1C(F)(F)F. The van der Waals surface area contributed by atoms with Crippen molar-refractivity contribution in [3.63, 3.8) is 0 Å². The van der Waals surface area contributed by atoms with Gasteiger partial charge in [0.2, 0.25) is 0 Å². The summed E-state index contributed by atoms with van der Waals surface area (Å²) in [6.45, 7) is 1.26. The maximum atomic E-state index is 13.2. The summed E-state index contributed by atoms with van der Waals surface area (Å²) in [7, 11) is 3.12. The van der Waals surface area contributed by atoms with E-state index in [1.54, 1.807) is 6.07 Å². The monoisotopic (exact) mass is 322 g/mol. The Kier molecular flexibility index (Phi) is 4.70. The normalized spacial score (nSPS) is 23.6. The molecule has 2 atom stereocenters. The van der Waals surface area contributed by atoms with Crippen LogP contribution in [0.4, 0.5) is 13.2 Å². The van der Waals surface area contributed by atoms with Gasteiger partial charge < -0.3 is 10.5 Å². The van der Waals surface area contributed by atoms with E-state index < -0.39 is 11.7 Å². The Labute approximate surface area is 126 Å². The number of hydrogen-bond donors (Lipinski definition) is 1. The molecule has 118 valence electrons. The Morgan fingerprint density at radius 1 is 1.43 bits per heavy atom. The zero-order valence-corrected chi connectivity index (χ0v) is 12.6. The van der Waals surface area contributed by atoms with Crippen LogP contribution in [-0.4, -0.2) is 32.1 Å². The molecule has 1 aliphatic heterocycles. The third-order valence-electron chi connectivity index (χ3n) is 3.92. The highest BCUT2D eigenvalue weighted by Gasteiger charge is 2.39. The van der Waals surface area contributed by atoms with Crippen LogP contribution in [0, 0.1) is 5.92 Å². The van der Waals surface area contributed by atoms with Crippen LogP contribution in [-0.2, 0) is 6.18 Å². The second-order valence-corrected chi connectivity index (χ2v) is 5.80. The first-order valence-electron chi connectivity index (χ1n) is 6.62. The lowest BCUT2D eigenvalue weighted by atomic mass is 9.97. The van der Waals surface area contributed by atoms with Crippen LogP contribution in [0.3, 0.4) is 0 Å². The number of nitrogens with zero attached hydrogens (tertiary/aromatic N) is 1. The van der Waals surface area contributed by atoms with Crippen LogP contribution < -0.4 is 10.5 Å². The number of halogens is 4. The summed E-state index contributed by atoms with van der Waals surface area (Å²) in [5, 5.41) is 0.0581. The second kappa shape index (κ2) is 6.02. The number of likely N-dealkylation sites (tertiary alicyclic amines) is 1. The molecule has 1 aliphatic rings. The van der Waals surface area contributed by atoms with Crippen LogP contribution in [0.25, 0.3) is 0 Å². The Morgan fingerprint density at radius 3 is 2.57 bits per heavy atom. The van der Waals surface area contributed by atoms with Gasteiger partial charge >= 0.3 is 6.18 Å². The molecule has 1 aromatic carbocycles. The first-order chi connectivity index (χ1) is 9.77. The second-order valence-electron chi connectivity index (χ2n) is 5.37. The van der Waals surface area contributed by atoms with Gasteiger partial charge in [-0.05, 0) is 38.1 Å². The fourth-order valence-electron chi connectivity index (χ4n) is 2.94. The minimum absolute atomic E-state index is 0.0581. The Balaban J connectivity index is 2.51. The van der Waals surface area contributed by atoms with Gasteiger partial charge in [-0.1, -0.05) is 11.6 Å². The van der Waals surface area contributed by atoms with E-state index in [1.165, 1.54) is 7.11 Å². The zero-order valence-electron chi connectivity index (χ0n) is 11.9. The maximum absolute atomic E-state index is 13.2. The van der Waals surface area contributed by atoms with Gasteiger partial charge in [-0.15, -0.1) is 0 Å². The molecule has 0 radical (unpaired) electrons. The summed E-state index contributed by atoms with van der Waals surface area (Å²) in [5.41, 5.74) is 5.30. The lowest BCUT2D eigenvalue weighted by Crippen LogP contribution is -2.21. The molecule has 0 aliphatic carbocycles. The van der Waals surface area contributed by atoms with E-state index in [9.17, 15) is 13.2 Å². The number of nitrogens with two attached hydrogens (primary N) is 1. The fraction of sp³-hybridized carbons (Fsp3) is 0.571. The molecule has 0 saturated carbocycles. The number of benzene rings is 1. The van der Waals surface area contributed by atoms with Gasteiger partial charge in [0, 0.05) is 23.2 Å². The van der Waals surface area contributed by atoms with Crippen LogP contribution in [0.5, 0.6) is 5.75 Å². The van der Waals surface area contributed by atoms with Crippen molar-refractivity contribution in [3.8, 4) is 5.75 Å². The van der Waals surface area contributed by atoms with E-state index in [0.29, 0.717) is 18.5 Å². The molecule has 2 rings (SSSR count). The number of alkyl halides is 3. The number of rotatable bonds is 3. The molecule has 21 heavy (non-hydrogen) atoms. The van der Waals surface area contributed by atoms with E-state index in [4.69, 9.17) is 22.1 Å². The predicted molar refractivity (Wildman–Crippen MR) is 75.5 cm³/mol. The van der Waals surface area contributed by atoms with Crippen molar-refractivity contribution >= 4 is 11.6 Å². The van der Waals surface area contributed by atoms with Crippen molar-refractivity contribution in [2.24, 2.45) is 11.7 Å². The van der Waals surface area contributed by atoms with Crippen molar-refractivity contribution in [1.29, 1.82) is 0 Å². The topological polar surface area (TPSA) is 38.5 Å². The molecule has 2 N–H and O–H groups in total. The minimum atomic E-state index is -4.50. The van der Waals surface area contributed by atoms with Gasteiger partial charge in [-0.2, -0.15) is 13.2 Å². The van der Waals surface area contributed by atoms with E-state index in [2.05, 4.69) is 0 Å². The molecule has 7 heteroatoms. The first-order valence-corrected chi connectivity index (χ1v) is 7.00. The Morgan fingerprint density at radius 2 is 2.10 bits per heavy atom. The molecular formula is C14H18ClF3N2O. The number of hydrogen-bond acceptors (Lipinski definition) is 3. The van der Waals surface area contributed by atoms with Gasteiger partial charge in [-0.3, -0.25) is 4.90 Å². The van der Waals surface area contributed by atoms with Gasteiger partial charge in [0.05, 0.1) is 12.7 Å². The van der Waals surface area contributed by atoms with Gasteiger partial charge in [0.25, 0.3) is 0 Å². The maximum Gasteiger partial charge on any atom is 0.420 e. The van der Waals surface area contributed by atoms with Crippen LogP contribution in [0.15, 0.2) is 12.1 Å². The zero-order chi connectivity index (χ0) is 15.8. The quantitative estimate of drug-likeness (QED) is 0.927. The molecule has 3 nitrogen and oxygen atoms in total. The molecule has 1 aromatic rings. The van der Waals surface area contributed by atoms with Gasteiger partial charge in [-0.25, -0.2) is 0 Å². The van der Waals surface area contributed by atoms with Crippen molar-refractivity contribution in [2.45, 2.75) is 18.6 Å². The van der Waals surface area contributed by atoms with Crippen molar-refractivity contribution in [2.75, 3.05) is 27.2 Å². The summed E-state index contributed by atoms with van der Waals surface area (Å²) in [6.07, 6.45) is -3.81. The summed E-state index contributed by atoms with van der Waals surface area (Å²) in [6, 6.07) is 2.28. The molecule has 0 aromatic heterocycles. The van der Waals surface area contributed by atoms with E-state index >= 15 is 0 Å². The Hall–Kier alpha value is -0.980. The molecule has 0 amide bonds. The lowest BCUT2D eigenvalue weighted by Gasteiger charge is -2.24. The van der Waals surface area contributed by atoms with Crippen LogP contribution in [0.2, 0.25) is 5.02 Å². The summed E-state index contributed by atoms with van der Waals surface area (Å²) < 4.78 is 44.5. The van der Waals surface area contributed by atoms with E-state index in [-0.39, 0.29) is 22.7 Å². The summed E-state index contributed by atoms with van der Waals surface area (Å²) in [5.74, 6) is 0.111. The Bertz CT molecular complexity index is 522. The molecule has 2 unspecified atom stereocenters. The van der Waals surface area contributed by atoms with Crippen molar-refractivity contribution in [1.82, 2.24) is 4.90 Å². The smallest absolute Gasteiger partial charge is 0.420 e. The molecule has 1 fully saturated rings. The largest absolute Gasteiger partial charge is 0.496 e. The number of methoxy groups -OCH3 is 1. The highest BCUT2D eigenvalue weighted by atomic mass is 35.5. The standard InChI is InChI=1S/C14H18ClF3N2O/c1-20-7-8(6-19)3-12(20)10-4-9(15)5-11(13(10)21-2)14(16,17)18/h4-5,8,12H,3,6-7,19H2,1-2H3. The molecule has 1 saturated heterocycles. The average Bonchev–Trinajstić information content (AvgIpc) is 2.78. The average molecular weight is 323 g/mol. The van der Waals surface area contributed by atoms with Crippen LogP contribution in [0.1, 0.15) is 23.6 Å². The molecule has 1 heterocycles. The highest BCUT2D eigenvalue weighted by molar-refractivity contribution is 6.30. The van der Waals surface area contributed by atoms with Crippen LogP contribution >= 0.6 is 11.6 Å². The van der Waals surface area contributed by atoms with E-state index in [1.807, 2.05) is 11.9 Å². The summed E-state index contributed by atoms with van der Waals surface area (Å²) in [4.78, 5) is 1.99. The predicted octanol–water partition coefficient (Wildman–Crippen LogP) is 3.32. The lowest BCUT2D eigenvalue weighted by molar-refractivity contribution is -0.138. The number of ether oxygens (including phenoxy) is 1. The molecule has 0 bridgehead atoms. The van der Waals surface area contributed by atoms with Gasteiger partial charge in [0.1, 0.15) is 5.75 Å².